The molecule has 1 heterocycles. The molecule has 0 spiro atoms. The van der Waals surface area contributed by atoms with Crippen molar-refractivity contribution in [3.8, 4) is 0 Å². The van der Waals surface area contributed by atoms with Crippen molar-refractivity contribution in [2.24, 2.45) is 0 Å². The molecule has 5 heteroatoms. The maximum atomic E-state index is 11.7. The third kappa shape index (κ3) is 4.55. The Hall–Kier alpha value is -0.0400. The summed E-state index contributed by atoms with van der Waals surface area (Å²) in [6, 6.07) is 0. The average Bonchev–Trinajstić information content (AvgIpc) is 2.15. The third-order valence-corrected chi connectivity index (χ3v) is 2.94. The van der Waals surface area contributed by atoms with Crippen molar-refractivity contribution < 1.29 is 14.3 Å². The van der Waals surface area contributed by atoms with Gasteiger partial charge in [-0.15, -0.1) is 0 Å². The van der Waals surface area contributed by atoms with Gasteiger partial charge in [0.25, 0.3) is 0 Å². The van der Waals surface area contributed by atoms with E-state index in [0.29, 0.717) is 19.7 Å². The Labute approximate surface area is 104 Å². The molecule has 0 aromatic rings. The van der Waals surface area contributed by atoms with Crippen LogP contribution in [0.3, 0.4) is 0 Å². The van der Waals surface area contributed by atoms with Crippen LogP contribution in [-0.2, 0) is 9.47 Å². The predicted octanol–water partition coefficient (Wildman–Crippen LogP) is 2.06. The molecule has 1 fully saturated rings. The molecule has 0 radical (unpaired) electrons. The standard InChI is InChI=1S/C10H18INO3/c1-10(2,3)15-9(13)12-4-5-14-8(6-11)7-12/h8H,4-7H2,1-3H3. The van der Waals surface area contributed by atoms with Crippen LogP contribution in [0.4, 0.5) is 4.79 Å². The normalized spacial score (nSPS) is 22.7. The molecule has 88 valence electrons. The number of hydrogen-bond donors (Lipinski definition) is 0. The maximum absolute atomic E-state index is 11.7. The van der Waals surface area contributed by atoms with Crippen LogP contribution in [0, 0.1) is 0 Å². The Balaban J connectivity index is 2.45. The molecule has 0 N–H and O–H groups in total. The number of nitrogens with zero attached hydrogens (tertiary/aromatic N) is 1. The number of ether oxygens (including phenoxy) is 2. The van der Waals surface area contributed by atoms with Crippen molar-refractivity contribution in [3.63, 3.8) is 0 Å². The lowest BCUT2D eigenvalue weighted by atomic mass is 10.2. The highest BCUT2D eigenvalue weighted by atomic mass is 127. The van der Waals surface area contributed by atoms with E-state index in [-0.39, 0.29) is 12.2 Å². The number of halogens is 1. The quantitative estimate of drug-likeness (QED) is 0.547. The first-order valence-corrected chi connectivity index (χ1v) is 6.60. The molecule has 1 atom stereocenters. The van der Waals surface area contributed by atoms with Gasteiger partial charge < -0.3 is 14.4 Å². The highest BCUT2D eigenvalue weighted by Crippen LogP contribution is 2.13. The van der Waals surface area contributed by atoms with E-state index in [1.807, 2.05) is 20.8 Å². The molecule has 1 aliphatic rings. The summed E-state index contributed by atoms with van der Waals surface area (Å²) in [6.07, 6.45) is -0.0903. The Morgan fingerprint density at radius 1 is 1.60 bits per heavy atom. The van der Waals surface area contributed by atoms with Gasteiger partial charge in [0.2, 0.25) is 0 Å². The molecule has 0 aromatic heterocycles. The second-order valence-electron chi connectivity index (χ2n) is 4.57. The van der Waals surface area contributed by atoms with E-state index in [4.69, 9.17) is 9.47 Å². The van der Waals surface area contributed by atoms with E-state index >= 15 is 0 Å². The molecular formula is C10H18INO3. The molecule has 0 bridgehead atoms. The van der Waals surface area contributed by atoms with Crippen LogP contribution < -0.4 is 0 Å². The van der Waals surface area contributed by atoms with E-state index in [1.54, 1.807) is 4.90 Å². The Bertz CT molecular complexity index is 227. The fraction of sp³-hybridized carbons (Fsp3) is 0.900. The van der Waals surface area contributed by atoms with Crippen molar-refractivity contribution in [2.75, 3.05) is 24.1 Å². The molecule has 1 saturated heterocycles. The third-order valence-electron chi connectivity index (χ3n) is 1.96. The summed E-state index contributed by atoms with van der Waals surface area (Å²) in [7, 11) is 0. The summed E-state index contributed by atoms with van der Waals surface area (Å²) in [4.78, 5) is 13.4. The van der Waals surface area contributed by atoms with Crippen LogP contribution in [0.25, 0.3) is 0 Å². The van der Waals surface area contributed by atoms with Gasteiger partial charge in [0, 0.05) is 11.0 Å². The molecule has 0 saturated carbocycles. The van der Waals surface area contributed by atoms with Crippen molar-refractivity contribution >= 4 is 28.7 Å². The minimum Gasteiger partial charge on any atom is -0.444 e. The van der Waals surface area contributed by atoms with Gasteiger partial charge in [-0.2, -0.15) is 0 Å². The highest BCUT2D eigenvalue weighted by Gasteiger charge is 2.27. The zero-order valence-corrected chi connectivity index (χ0v) is 11.6. The van der Waals surface area contributed by atoms with Gasteiger partial charge in [-0.05, 0) is 20.8 Å². The Morgan fingerprint density at radius 3 is 2.80 bits per heavy atom. The smallest absolute Gasteiger partial charge is 0.410 e. The molecular weight excluding hydrogens is 309 g/mol. The Kier molecular flexibility index (Phi) is 4.64. The van der Waals surface area contributed by atoms with Gasteiger partial charge in [0.05, 0.1) is 19.3 Å². The fourth-order valence-corrected chi connectivity index (χ4v) is 1.84. The maximum Gasteiger partial charge on any atom is 0.410 e. The van der Waals surface area contributed by atoms with Gasteiger partial charge in [-0.1, -0.05) is 22.6 Å². The summed E-state index contributed by atoms with van der Waals surface area (Å²) >= 11 is 2.26. The van der Waals surface area contributed by atoms with Crippen LogP contribution in [0.2, 0.25) is 0 Å². The van der Waals surface area contributed by atoms with Crippen LogP contribution >= 0.6 is 22.6 Å². The first-order valence-electron chi connectivity index (χ1n) is 5.08. The molecule has 0 aliphatic carbocycles. The Morgan fingerprint density at radius 2 is 2.27 bits per heavy atom. The largest absolute Gasteiger partial charge is 0.444 e. The average molecular weight is 327 g/mol. The highest BCUT2D eigenvalue weighted by molar-refractivity contribution is 14.1. The second kappa shape index (κ2) is 5.34. The number of carbonyl (C=O) groups excluding carboxylic acids is 1. The summed E-state index contributed by atoms with van der Waals surface area (Å²) in [5.41, 5.74) is -0.421. The molecule has 1 rings (SSSR count). The predicted molar refractivity (Wildman–Crippen MR) is 66.4 cm³/mol. The SMILES string of the molecule is CC(C)(C)OC(=O)N1CCOC(CI)C1. The second-order valence-corrected chi connectivity index (χ2v) is 5.45. The monoisotopic (exact) mass is 327 g/mol. The van der Waals surface area contributed by atoms with Crippen LogP contribution in [0.1, 0.15) is 20.8 Å². The molecule has 1 aliphatic heterocycles. The van der Waals surface area contributed by atoms with Gasteiger partial charge in [0.15, 0.2) is 0 Å². The van der Waals surface area contributed by atoms with Crippen LogP contribution in [-0.4, -0.2) is 46.8 Å². The van der Waals surface area contributed by atoms with Crippen molar-refractivity contribution in [3.05, 3.63) is 0 Å². The van der Waals surface area contributed by atoms with Crippen molar-refractivity contribution in [2.45, 2.75) is 32.5 Å². The lowest BCUT2D eigenvalue weighted by Crippen LogP contribution is -2.47. The van der Waals surface area contributed by atoms with Crippen LogP contribution in [0.15, 0.2) is 0 Å². The first kappa shape index (κ1) is 13.0. The molecule has 15 heavy (non-hydrogen) atoms. The lowest BCUT2D eigenvalue weighted by molar-refractivity contribution is -0.0328. The number of hydrogen-bond acceptors (Lipinski definition) is 3. The molecule has 0 aromatic carbocycles. The van der Waals surface area contributed by atoms with E-state index in [9.17, 15) is 4.79 Å². The van der Waals surface area contributed by atoms with Crippen molar-refractivity contribution in [1.82, 2.24) is 4.90 Å². The zero-order valence-electron chi connectivity index (χ0n) is 9.46. The van der Waals surface area contributed by atoms with Gasteiger partial charge >= 0.3 is 6.09 Å². The van der Waals surface area contributed by atoms with E-state index in [2.05, 4.69) is 22.6 Å². The van der Waals surface area contributed by atoms with Crippen molar-refractivity contribution in [1.29, 1.82) is 0 Å². The number of rotatable bonds is 1. The number of amides is 1. The molecule has 1 amide bonds. The minimum atomic E-state index is -0.421. The van der Waals surface area contributed by atoms with E-state index in [0.717, 1.165) is 4.43 Å². The summed E-state index contributed by atoms with van der Waals surface area (Å²) < 4.78 is 11.7. The first-order chi connectivity index (χ1) is 6.92. The fourth-order valence-electron chi connectivity index (χ4n) is 1.31. The molecule has 4 nitrogen and oxygen atoms in total. The van der Waals surface area contributed by atoms with Crippen LogP contribution in [0.5, 0.6) is 0 Å². The van der Waals surface area contributed by atoms with E-state index < -0.39 is 5.60 Å². The summed E-state index contributed by atoms with van der Waals surface area (Å²) in [5.74, 6) is 0. The van der Waals surface area contributed by atoms with Gasteiger partial charge in [0.1, 0.15) is 5.60 Å². The van der Waals surface area contributed by atoms with E-state index in [1.165, 1.54) is 0 Å². The van der Waals surface area contributed by atoms with Gasteiger partial charge in [-0.25, -0.2) is 4.79 Å². The molecule has 1 unspecified atom stereocenters. The number of alkyl halides is 1. The summed E-state index contributed by atoms with van der Waals surface area (Å²) in [5, 5.41) is 0. The van der Waals surface area contributed by atoms with Gasteiger partial charge in [-0.3, -0.25) is 0 Å². The zero-order chi connectivity index (χ0) is 11.5. The number of morpholine rings is 1. The number of carbonyl (C=O) groups is 1. The lowest BCUT2D eigenvalue weighted by Gasteiger charge is -2.33. The minimum absolute atomic E-state index is 0.145. The topological polar surface area (TPSA) is 38.8 Å². The summed E-state index contributed by atoms with van der Waals surface area (Å²) in [6.45, 7) is 7.50.